The molecule has 0 fully saturated rings. The third-order valence-electron chi connectivity index (χ3n) is 3.93. The van der Waals surface area contributed by atoms with Crippen LogP contribution in [0.3, 0.4) is 0 Å². The quantitative estimate of drug-likeness (QED) is 0.792. The topological polar surface area (TPSA) is 56.5 Å². The van der Waals surface area contributed by atoms with Gasteiger partial charge in [0.1, 0.15) is 6.67 Å². The molecule has 1 aromatic heterocycles. The third kappa shape index (κ3) is 3.42. The van der Waals surface area contributed by atoms with Gasteiger partial charge >= 0.3 is 5.97 Å². The molecule has 0 amide bonds. The highest BCUT2D eigenvalue weighted by atomic mass is 19.1. The number of hydrogen-bond donors (Lipinski definition) is 0. The number of benzene rings is 1. The van der Waals surface area contributed by atoms with Gasteiger partial charge < -0.3 is 4.74 Å². The molecule has 1 aromatic carbocycles. The summed E-state index contributed by atoms with van der Waals surface area (Å²) in [7, 11) is 1.36. The number of carbonyl (C=O) groups is 1. The molecule has 124 valence electrons. The number of rotatable bonds is 5. The lowest BCUT2D eigenvalue weighted by Gasteiger charge is -2.15. The van der Waals surface area contributed by atoms with E-state index < -0.39 is 6.67 Å². The van der Waals surface area contributed by atoms with E-state index in [1.54, 1.807) is 23.0 Å². The van der Waals surface area contributed by atoms with Crippen LogP contribution in [-0.2, 0) is 11.3 Å². The summed E-state index contributed by atoms with van der Waals surface area (Å²) in [5, 5.41) is 4.16. The van der Waals surface area contributed by atoms with E-state index in [4.69, 9.17) is 4.74 Å². The fourth-order valence-electron chi connectivity index (χ4n) is 2.64. The fourth-order valence-corrected chi connectivity index (χ4v) is 2.64. The van der Waals surface area contributed by atoms with Crippen LogP contribution < -0.4 is 0 Å². The van der Waals surface area contributed by atoms with E-state index >= 15 is 0 Å². The highest BCUT2D eigenvalue weighted by Gasteiger charge is 2.15. The Morgan fingerprint density at radius 3 is 2.88 bits per heavy atom. The minimum atomic E-state index is -0.434. The summed E-state index contributed by atoms with van der Waals surface area (Å²) in [5.41, 5.74) is 3.59. The van der Waals surface area contributed by atoms with Gasteiger partial charge in [0.15, 0.2) is 0 Å². The second-order valence-electron chi connectivity index (χ2n) is 5.47. The Labute approximate surface area is 139 Å². The van der Waals surface area contributed by atoms with Gasteiger partial charge in [0.2, 0.25) is 0 Å². The normalized spacial score (nSPS) is 16.8. The Balaban J connectivity index is 1.80. The van der Waals surface area contributed by atoms with Gasteiger partial charge in [-0.15, -0.1) is 0 Å². The van der Waals surface area contributed by atoms with E-state index in [0.717, 1.165) is 23.1 Å². The summed E-state index contributed by atoms with van der Waals surface area (Å²) in [6.07, 6.45) is 8.27. The van der Waals surface area contributed by atoms with Gasteiger partial charge in [-0.3, -0.25) is 9.67 Å². The first-order valence-electron chi connectivity index (χ1n) is 7.70. The number of ether oxygens (including phenoxy) is 1. The van der Waals surface area contributed by atoms with Crippen LogP contribution in [0.4, 0.5) is 4.39 Å². The predicted octanol–water partition coefficient (Wildman–Crippen LogP) is 3.24. The number of halogens is 1. The summed E-state index contributed by atoms with van der Waals surface area (Å²) in [5.74, 6) is -0.356. The van der Waals surface area contributed by atoms with E-state index in [9.17, 15) is 9.18 Å². The van der Waals surface area contributed by atoms with Crippen LogP contribution in [0.15, 0.2) is 47.7 Å². The minimum absolute atomic E-state index is 0.107. The van der Waals surface area contributed by atoms with Crippen molar-refractivity contribution in [3.63, 3.8) is 0 Å². The maximum Gasteiger partial charge on any atom is 0.337 e. The number of allylic oxidation sites excluding steroid dienone is 1. The second kappa shape index (κ2) is 7.21. The smallest absolute Gasteiger partial charge is 0.337 e. The van der Waals surface area contributed by atoms with Crippen molar-refractivity contribution < 1.29 is 13.9 Å². The third-order valence-corrected chi connectivity index (χ3v) is 3.93. The van der Waals surface area contributed by atoms with Crippen molar-refractivity contribution in [2.45, 2.75) is 19.0 Å². The summed E-state index contributed by atoms with van der Waals surface area (Å²) in [6, 6.07) is 7.11. The first-order valence-corrected chi connectivity index (χ1v) is 7.70. The number of alkyl halides is 1. The molecule has 1 aliphatic rings. The van der Waals surface area contributed by atoms with E-state index in [0.29, 0.717) is 5.56 Å². The van der Waals surface area contributed by atoms with Crippen LogP contribution in [0, 0.1) is 0 Å². The molecule has 0 saturated heterocycles. The van der Waals surface area contributed by atoms with E-state index in [1.165, 1.54) is 7.11 Å². The van der Waals surface area contributed by atoms with Gasteiger partial charge in [-0.1, -0.05) is 18.2 Å². The maximum absolute atomic E-state index is 12.4. The molecule has 0 saturated carbocycles. The van der Waals surface area contributed by atoms with E-state index in [1.807, 2.05) is 24.5 Å². The monoisotopic (exact) mass is 327 g/mol. The lowest BCUT2D eigenvalue weighted by molar-refractivity contribution is 0.0600. The van der Waals surface area contributed by atoms with Crippen LogP contribution in [0.2, 0.25) is 0 Å². The van der Waals surface area contributed by atoms with Crippen molar-refractivity contribution in [3.05, 3.63) is 59.4 Å². The first-order chi connectivity index (χ1) is 11.7. The number of nitrogens with zero attached hydrogens (tertiary/aromatic N) is 3. The lowest BCUT2D eigenvalue weighted by Crippen LogP contribution is -2.03. The van der Waals surface area contributed by atoms with Gasteiger partial charge in [-0.2, -0.15) is 5.10 Å². The molecule has 5 nitrogen and oxygen atoms in total. The number of dihydropyridines is 1. The zero-order valence-electron chi connectivity index (χ0n) is 13.4. The number of methoxy groups -OCH3 is 1. The average molecular weight is 327 g/mol. The van der Waals surface area contributed by atoms with Crippen LogP contribution in [0.1, 0.15) is 33.9 Å². The maximum atomic E-state index is 12.4. The Hall–Kier alpha value is -2.76. The molecule has 0 spiro atoms. The molecule has 0 bridgehead atoms. The van der Waals surface area contributed by atoms with Gasteiger partial charge in [0.05, 0.1) is 31.5 Å². The van der Waals surface area contributed by atoms with Crippen molar-refractivity contribution in [2.75, 3.05) is 13.8 Å². The van der Waals surface area contributed by atoms with E-state index in [2.05, 4.69) is 16.2 Å². The van der Waals surface area contributed by atoms with Crippen molar-refractivity contribution in [2.24, 2.45) is 4.99 Å². The second-order valence-corrected chi connectivity index (χ2v) is 5.47. The number of esters is 1. The Morgan fingerprint density at radius 1 is 1.38 bits per heavy atom. The van der Waals surface area contributed by atoms with Crippen molar-refractivity contribution in [1.82, 2.24) is 9.78 Å². The fraction of sp³-hybridized carbons (Fsp3) is 0.278. The number of aliphatic imine (C=N–C) groups is 1. The number of hydrogen-bond acceptors (Lipinski definition) is 4. The summed E-state index contributed by atoms with van der Waals surface area (Å²) < 4.78 is 18.7. The molecule has 3 rings (SSSR count). The molecule has 0 unspecified atom stereocenters. The van der Waals surface area contributed by atoms with Gasteiger partial charge in [-0.05, 0) is 23.3 Å². The predicted molar refractivity (Wildman–Crippen MR) is 89.8 cm³/mol. The Morgan fingerprint density at radius 2 is 2.17 bits per heavy atom. The molecule has 0 N–H and O–H groups in total. The summed E-state index contributed by atoms with van der Waals surface area (Å²) in [6.45, 7) is -0.170. The molecule has 6 heteroatoms. The van der Waals surface area contributed by atoms with Gasteiger partial charge in [0.25, 0.3) is 0 Å². The molecule has 0 radical (unpaired) electrons. The number of aromatic nitrogens is 2. The van der Waals surface area contributed by atoms with Crippen LogP contribution in [0.25, 0.3) is 5.57 Å². The standard InChI is InChI=1S/C18H18FN3O2/c1-24-18(23)14-4-2-13(3-5-14)17-10-15(6-8-20-17)16-11-21-22(12-16)9-7-19/h2-5,8,10-12,17H,6-7,9H2,1H3/t17-/m0/s1. The largest absolute Gasteiger partial charge is 0.465 e. The zero-order chi connectivity index (χ0) is 16.9. The summed E-state index contributed by atoms with van der Waals surface area (Å²) in [4.78, 5) is 16.0. The van der Waals surface area contributed by atoms with Crippen LogP contribution >= 0.6 is 0 Å². The van der Waals surface area contributed by atoms with Crippen LogP contribution in [-0.4, -0.2) is 35.7 Å². The van der Waals surface area contributed by atoms with Gasteiger partial charge in [0, 0.05) is 24.4 Å². The SMILES string of the molecule is COC(=O)c1ccc([C@@H]2C=C(c3cnn(CCF)c3)CC=N2)cc1. The molecular formula is C18H18FN3O2. The van der Waals surface area contributed by atoms with E-state index in [-0.39, 0.29) is 18.6 Å². The minimum Gasteiger partial charge on any atom is -0.465 e. The number of carbonyl (C=O) groups excluding carboxylic acids is 1. The van der Waals surface area contributed by atoms with Crippen LogP contribution in [0.5, 0.6) is 0 Å². The molecular weight excluding hydrogens is 309 g/mol. The average Bonchev–Trinajstić information content (AvgIpc) is 3.10. The summed E-state index contributed by atoms with van der Waals surface area (Å²) >= 11 is 0. The first kappa shape index (κ1) is 16.1. The molecule has 2 aromatic rings. The Bertz CT molecular complexity index is 778. The zero-order valence-corrected chi connectivity index (χ0v) is 13.4. The van der Waals surface area contributed by atoms with Crippen molar-refractivity contribution in [1.29, 1.82) is 0 Å². The molecule has 2 heterocycles. The molecule has 0 aliphatic carbocycles. The highest BCUT2D eigenvalue weighted by Crippen LogP contribution is 2.29. The Kier molecular flexibility index (Phi) is 4.84. The van der Waals surface area contributed by atoms with Crippen molar-refractivity contribution in [3.8, 4) is 0 Å². The van der Waals surface area contributed by atoms with Gasteiger partial charge in [-0.25, -0.2) is 9.18 Å². The molecule has 1 aliphatic heterocycles. The lowest BCUT2D eigenvalue weighted by atomic mass is 9.97. The highest BCUT2D eigenvalue weighted by molar-refractivity contribution is 5.89. The molecule has 24 heavy (non-hydrogen) atoms. The number of aryl methyl sites for hydroxylation is 1. The van der Waals surface area contributed by atoms with Crippen molar-refractivity contribution >= 4 is 17.8 Å². The molecule has 1 atom stereocenters.